The maximum atomic E-state index is 13.5. The molecule has 1 unspecified atom stereocenters. The van der Waals surface area contributed by atoms with Crippen molar-refractivity contribution in [2.45, 2.75) is 150 Å². The predicted molar refractivity (Wildman–Crippen MR) is 439 cm³/mol. The van der Waals surface area contributed by atoms with Crippen molar-refractivity contribution in [2.24, 2.45) is 17.8 Å². The molecule has 8 rings (SSSR count). The lowest BCUT2D eigenvalue weighted by atomic mass is 10.0. The molecular weight excluding hydrogens is 1490 g/mol. The van der Waals surface area contributed by atoms with Crippen LogP contribution in [-0.2, 0) is 68.9 Å². The highest BCUT2D eigenvalue weighted by Crippen LogP contribution is 2.43. The molecule has 4 atom stereocenters. The van der Waals surface area contributed by atoms with Gasteiger partial charge in [0.1, 0.15) is 72.3 Å². The SMILES string of the molecule is CCCC[C@H](NC(=O)c1cc(-c2c(OC)cccc2OC)n(CC(CC)CC)n1)C(=O)NCC(=O)OC.COC(=O)CNC(=O)[C@H](CCc1ccccc1)NC(=O)c1cc(-c2c(OC)cccc2OC)n(C(C)C(C)C)n1.COC(=O)CNC(=O)[C@H](CCc1ccccc1)NC(=O)c1cc(-c2c(OC)cccc2OC)n(CC(C)C)n1. The first-order valence-corrected chi connectivity index (χ1v) is 38.7. The van der Waals surface area contributed by atoms with Gasteiger partial charge in [-0.05, 0) is 123 Å². The zero-order chi connectivity index (χ0) is 85.0. The van der Waals surface area contributed by atoms with Crippen LogP contribution in [0.25, 0.3) is 33.8 Å². The van der Waals surface area contributed by atoms with E-state index in [-0.39, 0.29) is 54.6 Å². The minimum Gasteiger partial charge on any atom is -0.496 e. The number of esters is 3. The van der Waals surface area contributed by atoms with E-state index in [1.807, 2.05) is 134 Å². The Labute approximate surface area is 679 Å². The van der Waals surface area contributed by atoms with Gasteiger partial charge < -0.3 is 74.5 Å². The highest BCUT2D eigenvalue weighted by atomic mass is 16.5. The predicted octanol–water partition coefficient (Wildman–Crippen LogP) is 10.6. The summed E-state index contributed by atoms with van der Waals surface area (Å²) in [6, 6.07) is 38.0. The molecule has 0 saturated carbocycles. The molecule has 6 amide bonds. The number of nitrogens with one attached hydrogen (secondary N) is 6. The van der Waals surface area contributed by atoms with Gasteiger partial charge in [0.15, 0.2) is 17.1 Å². The van der Waals surface area contributed by atoms with E-state index in [0.717, 1.165) is 36.8 Å². The molecule has 0 fully saturated rings. The van der Waals surface area contributed by atoms with Crippen LogP contribution in [0.2, 0.25) is 0 Å². The second kappa shape index (κ2) is 47.4. The molecule has 0 bridgehead atoms. The molecule has 626 valence electrons. The monoisotopic (exact) mass is 1600 g/mol. The molecule has 116 heavy (non-hydrogen) atoms. The minimum absolute atomic E-state index is 0.0663. The molecule has 30 heteroatoms. The Balaban J connectivity index is 0.000000271. The average Bonchev–Trinajstić information content (AvgIpc) is 1.66. The van der Waals surface area contributed by atoms with Crippen molar-refractivity contribution in [3.63, 3.8) is 0 Å². The lowest BCUT2D eigenvalue weighted by Crippen LogP contribution is -2.48. The van der Waals surface area contributed by atoms with Crippen molar-refractivity contribution in [1.82, 2.24) is 61.2 Å². The Hall–Kier alpha value is -12.2. The summed E-state index contributed by atoms with van der Waals surface area (Å²) < 4.78 is 52.8. The third-order valence-electron chi connectivity index (χ3n) is 19.3. The second-order valence-corrected chi connectivity index (χ2v) is 27.9. The summed E-state index contributed by atoms with van der Waals surface area (Å²) in [6.45, 7) is 16.8. The first-order valence-electron chi connectivity index (χ1n) is 38.7. The van der Waals surface area contributed by atoms with Crippen LogP contribution in [0, 0.1) is 17.8 Å². The molecule has 3 aromatic heterocycles. The Morgan fingerprint density at radius 3 is 1.02 bits per heavy atom. The minimum atomic E-state index is -0.908. The number of ether oxygens (including phenoxy) is 9. The van der Waals surface area contributed by atoms with Crippen molar-refractivity contribution in [3.05, 3.63) is 162 Å². The van der Waals surface area contributed by atoms with E-state index in [1.54, 1.807) is 70.2 Å². The van der Waals surface area contributed by atoms with Gasteiger partial charge in [0.25, 0.3) is 17.7 Å². The molecule has 6 N–H and O–H groups in total. The van der Waals surface area contributed by atoms with Crippen LogP contribution in [-0.4, -0.2) is 184 Å². The zero-order valence-corrected chi connectivity index (χ0v) is 69.7. The number of amides is 6. The van der Waals surface area contributed by atoms with Crippen molar-refractivity contribution < 1.29 is 85.8 Å². The van der Waals surface area contributed by atoms with E-state index in [1.165, 1.54) is 21.3 Å². The largest absolute Gasteiger partial charge is 0.496 e. The third kappa shape index (κ3) is 26.7. The van der Waals surface area contributed by atoms with Crippen LogP contribution >= 0.6 is 0 Å². The van der Waals surface area contributed by atoms with Gasteiger partial charge in [0.2, 0.25) is 17.7 Å². The van der Waals surface area contributed by atoms with Gasteiger partial charge in [-0.15, -0.1) is 0 Å². The van der Waals surface area contributed by atoms with Gasteiger partial charge in [-0.25, -0.2) is 0 Å². The number of nitrogens with zero attached hydrogens (tertiary/aromatic N) is 6. The van der Waals surface area contributed by atoms with Gasteiger partial charge in [-0.3, -0.25) is 57.2 Å². The van der Waals surface area contributed by atoms with Gasteiger partial charge >= 0.3 is 17.9 Å². The third-order valence-corrected chi connectivity index (χ3v) is 19.3. The number of carbonyl (C=O) groups excluding carboxylic acids is 9. The maximum Gasteiger partial charge on any atom is 0.325 e. The topological polar surface area (TPSA) is 362 Å². The number of rotatable bonds is 41. The number of aromatic nitrogens is 6. The Morgan fingerprint density at radius 2 is 0.707 bits per heavy atom. The van der Waals surface area contributed by atoms with E-state index in [4.69, 9.17) is 28.4 Å². The highest BCUT2D eigenvalue weighted by molar-refractivity contribution is 6.00. The quantitative estimate of drug-likeness (QED) is 0.0153. The van der Waals surface area contributed by atoms with Crippen molar-refractivity contribution in [2.75, 3.05) is 83.6 Å². The van der Waals surface area contributed by atoms with E-state index in [9.17, 15) is 43.2 Å². The standard InChI is InChI=1S/C30H38N4O6.C29H36N4O6.C27H40N4O6/c1-19(2)20(3)34-24(28-25(38-4)13-10-14-26(28)39-5)17-23(33-34)30(37)32-22(29(36)31-18-27(35)40-6)16-15-21-11-8-7-9-12-21;1-19(2)18-33-23(27-24(37-3)12-9-13-25(27)38-4)16-22(32-33)29(36)31-21(28(35)30-17-26(34)39-5)15-14-20-10-7-6-8-11-20;1-7-10-12-19(26(33)28-16-24(32)37-6)29-27(34)20-15-21(31(30-20)17-18(8-2)9-3)25-22(35-4)13-11-14-23(25)36-5/h7-14,17,19-20,22H,15-16,18H2,1-6H3,(H,31,36)(H,32,37);6-13,16,19,21H,14-15,17-18H2,1-5H3,(H,30,35)(H,31,36);11,13-15,18-19H,7-10,12,16-17H2,1-6H3,(H,28,33)(H,29,34)/t20?,22-;21-;19-/m000/s1. The van der Waals surface area contributed by atoms with Crippen molar-refractivity contribution >= 4 is 53.4 Å². The lowest BCUT2D eigenvalue weighted by Gasteiger charge is -2.21. The van der Waals surface area contributed by atoms with Crippen LogP contribution in [0.3, 0.4) is 0 Å². The molecule has 0 radical (unpaired) electrons. The molecule has 0 aliphatic heterocycles. The fraction of sp³-hybridized carbons (Fsp3) is 0.442. The summed E-state index contributed by atoms with van der Waals surface area (Å²) in [6.07, 6.45) is 5.64. The molecule has 0 spiro atoms. The van der Waals surface area contributed by atoms with Crippen LogP contribution in [0.4, 0.5) is 0 Å². The summed E-state index contributed by atoms with van der Waals surface area (Å²) in [5, 5.41) is 29.9. The van der Waals surface area contributed by atoms with E-state index in [0.29, 0.717) is 119 Å². The number of benzene rings is 5. The molecule has 0 saturated heterocycles. The maximum absolute atomic E-state index is 13.5. The van der Waals surface area contributed by atoms with E-state index in [2.05, 4.69) is 103 Å². The van der Waals surface area contributed by atoms with Gasteiger partial charge in [-0.2, -0.15) is 15.3 Å². The Bertz CT molecular complexity index is 4450. The molecule has 5 aromatic carbocycles. The molecule has 8 aromatic rings. The normalized spacial score (nSPS) is 11.9. The highest BCUT2D eigenvalue weighted by Gasteiger charge is 2.32. The van der Waals surface area contributed by atoms with Crippen LogP contribution in [0.5, 0.6) is 34.5 Å². The number of unbranched alkanes of at least 4 members (excludes halogenated alkanes) is 1. The summed E-state index contributed by atoms with van der Waals surface area (Å²) in [5.41, 5.74) is 6.52. The van der Waals surface area contributed by atoms with E-state index < -0.39 is 71.5 Å². The van der Waals surface area contributed by atoms with Crippen LogP contribution < -0.4 is 60.3 Å². The Kier molecular flexibility index (Phi) is 37.9. The first-order chi connectivity index (χ1) is 55.8. The van der Waals surface area contributed by atoms with Crippen LogP contribution in [0.15, 0.2) is 133 Å². The zero-order valence-electron chi connectivity index (χ0n) is 69.7. The van der Waals surface area contributed by atoms with Crippen LogP contribution in [0.1, 0.15) is 149 Å². The van der Waals surface area contributed by atoms with Gasteiger partial charge in [0.05, 0.1) is 104 Å². The molecule has 3 heterocycles. The fourth-order valence-electron chi connectivity index (χ4n) is 12.4. The number of aryl methyl sites for hydroxylation is 2. The Morgan fingerprint density at radius 1 is 0.388 bits per heavy atom. The van der Waals surface area contributed by atoms with Crippen molar-refractivity contribution in [3.8, 4) is 68.3 Å². The molecule has 0 aliphatic rings. The number of hydrogen-bond donors (Lipinski definition) is 6. The van der Waals surface area contributed by atoms with Gasteiger partial charge in [0, 0.05) is 13.1 Å². The van der Waals surface area contributed by atoms with E-state index >= 15 is 0 Å². The molecule has 30 nitrogen and oxygen atoms in total. The smallest absolute Gasteiger partial charge is 0.325 e. The first kappa shape index (κ1) is 92.6. The number of methoxy groups -OCH3 is 9. The molecule has 0 aliphatic carbocycles. The molecular formula is C86H114N12O18. The summed E-state index contributed by atoms with van der Waals surface area (Å²) in [7, 11) is 13.2. The average molecular weight is 1600 g/mol. The number of hydrogen-bond acceptors (Lipinski definition) is 21. The van der Waals surface area contributed by atoms with Crippen molar-refractivity contribution in [1.29, 1.82) is 0 Å². The summed E-state index contributed by atoms with van der Waals surface area (Å²) >= 11 is 0. The fourth-order valence-corrected chi connectivity index (χ4v) is 12.4. The van der Waals surface area contributed by atoms with Gasteiger partial charge in [-0.1, -0.05) is 153 Å². The number of carbonyl (C=O) groups is 9. The lowest BCUT2D eigenvalue weighted by molar-refractivity contribution is -0.141. The second-order valence-electron chi connectivity index (χ2n) is 27.9. The summed E-state index contributed by atoms with van der Waals surface area (Å²) in [5.74, 6) is -0.368. The summed E-state index contributed by atoms with van der Waals surface area (Å²) in [4.78, 5) is 114.